The number of aryl methyl sites for hydroxylation is 4. The molecule has 0 radical (unpaired) electrons. The highest BCUT2D eigenvalue weighted by Gasteiger charge is 2.33. The zero-order valence-electron chi connectivity index (χ0n) is 23.6. The van der Waals surface area contributed by atoms with E-state index in [0.717, 1.165) is 0 Å². The molecule has 0 aliphatic rings. The summed E-state index contributed by atoms with van der Waals surface area (Å²) in [4.78, 5) is 5.50. The fraction of sp³-hybridized carbons (Fsp3) is 0.294. The molecule has 0 N–H and O–H groups in total. The van der Waals surface area contributed by atoms with Gasteiger partial charge in [-0.3, -0.25) is 0 Å². The van der Waals surface area contributed by atoms with Gasteiger partial charge in [-0.1, -0.05) is 112 Å². The molecule has 0 atom stereocenters. The van der Waals surface area contributed by atoms with Gasteiger partial charge in [-0.2, -0.15) is 0 Å². The van der Waals surface area contributed by atoms with Crippen molar-refractivity contribution < 1.29 is 0 Å². The number of rotatable bonds is 4. The van der Waals surface area contributed by atoms with E-state index in [2.05, 4.69) is 125 Å². The molecule has 0 saturated heterocycles. The molecule has 0 spiro atoms. The first-order valence-electron chi connectivity index (χ1n) is 13.1. The molecule has 0 aliphatic carbocycles. The second-order valence-electron chi connectivity index (χ2n) is 7.86. The maximum Gasteiger partial charge on any atom is 0.00231 e. The highest BCUT2D eigenvalue weighted by atomic mass is 32.3. The average molecular weight is 487 g/mol. The van der Waals surface area contributed by atoms with E-state index in [1.54, 1.807) is 0 Å². The van der Waals surface area contributed by atoms with Gasteiger partial charge in [0.15, 0.2) is 0 Å². The zero-order valence-corrected chi connectivity index (χ0v) is 24.5. The molecule has 0 aliphatic heterocycles. The van der Waals surface area contributed by atoms with Crippen molar-refractivity contribution in [1.82, 2.24) is 0 Å². The Balaban J connectivity index is 0.000000949. The van der Waals surface area contributed by atoms with E-state index >= 15 is 0 Å². The maximum absolute atomic E-state index is 2.32. The molecule has 0 aromatic heterocycles. The van der Waals surface area contributed by atoms with Crippen LogP contribution in [-0.4, -0.2) is 0 Å². The molecule has 0 bridgehead atoms. The van der Waals surface area contributed by atoms with Gasteiger partial charge in [0, 0.05) is 19.6 Å². The van der Waals surface area contributed by atoms with Gasteiger partial charge in [0.25, 0.3) is 0 Å². The lowest BCUT2D eigenvalue weighted by atomic mass is 10.2. The first-order valence-corrected chi connectivity index (χ1v) is 14.7. The zero-order chi connectivity index (χ0) is 26.4. The second kappa shape index (κ2) is 15.3. The lowest BCUT2D eigenvalue weighted by Gasteiger charge is -2.42. The number of hydrogen-bond donors (Lipinski definition) is 0. The van der Waals surface area contributed by atoms with Crippen LogP contribution in [0.2, 0.25) is 0 Å². The molecule has 4 aromatic carbocycles. The Morgan fingerprint density at radius 2 is 0.429 bits per heavy atom. The highest BCUT2D eigenvalue weighted by molar-refractivity contribution is 8.34. The molecular weight excluding hydrogens is 440 g/mol. The Bertz CT molecular complexity index is 900. The molecule has 0 heterocycles. The van der Waals surface area contributed by atoms with Gasteiger partial charge < -0.3 is 0 Å². The van der Waals surface area contributed by atoms with Gasteiger partial charge in [-0.15, -0.1) is 10.0 Å². The van der Waals surface area contributed by atoms with Gasteiger partial charge in [0.2, 0.25) is 0 Å². The Morgan fingerprint density at radius 1 is 0.286 bits per heavy atom. The monoisotopic (exact) mass is 486 g/mol. The Hall–Kier alpha value is -2.77. The largest absolute Gasteiger partial charge is 0.133 e. The van der Waals surface area contributed by atoms with Crippen LogP contribution < -0.4 is 0 Å². The van der Waals surface area contributed by atoms with E-state index in [1.165, 1.54) is 41.8 Å². The lowest BCUT2D eigenvalue weighted by molar-refractivity contribution is 1.21. The van der Waals surface area contributed by atoms with Crippen molar-refractivity contribution in [1.29, 1.82) is 0 Å². The summed E-state index contributed by atoms with van der Waals surface area (Å²) in [6.45, 7) is 20.6. The summed E-state index contributed by atoms with van der Waals surface area (Å²) >= 11 is 0. The van der Waals surface area contributed by atoms with Gasteiger partial charge in [-0.25, -0.2) is 0 Å². The van der Waals surface area contributed by atoms with E-state index < -0.39 is 10.0 Å². The SMILES string of the molecule is CC.CC.CC.Cc1ccc(S(c2ccc(C)cc2)(c2ccc(C)cc2)c2ccc(C)cc2)cc1. The minimum atomic E-state index is -1.58. The summed E-state index contributed by atoms with van der Waals surface area (Å²) in [5, 5.41) is 0. The summed E-state index contributed by atoms with van der Waals surface area (Å²) in [5.41, 5.74) is 5.16. The average Bonchev–Trinajstić information content (AvgIpc) is 2.92. The van der Waals surface area contributed by atoms with Crippen LogP contribution in [0.4, 0.5) is 0 Å². The van der Waals surface area contributed by atoms with Crippen LogP contribution in [0.3, 0.4) is 0 Å². The molecular formula is C34H46S. The molecule has 188 valence electrons. The van der Waals surface area contributed by atoms with Gasteiger partial charge >= 0.3 is 0 Å². The van der Waals surface area contributed by atoms with Crippen molar-refractivity contribution in [2.75, 3.05) is 0 Å². The van der Waals surface area contributed by atoms with E-state index in [9.17, 15) is 0 Å². The predicted octanol–water partition coefficient (Wildman–Crippen LogP) is 11.3. The minimum Gasteiger partial charge on any atom is -0.133 e. The Kier molecular flexibility index (Phi) is 13.2. The normalized spacial score (nSPS) is 10.5. The number of benzene rings is 4. The van der Waals surface area contributed by atoms with Crippen LogP contribution in [0.15, 0.2) is 117 Å². The molecule has 35 heavy (non-hydrogen) atoms. The van der Waals surface area contributed by atoms with Gasteiger partial charge in [-0.05, 0) is 76.2 Å². The van der Waals surface area contributed by atoms with Crippen molar-refractivity contribution in [2.45, 2.75) is 88.8 Å². The third-order valence-corrected chi connectivity index (χ3v) is 9.42. The van der Waals surface area contributed by atoms with E-state index in [0.29, 0.717) is 0 Å². The fourth-order valence-electron chi connectivity index (χ4n) is 3.79. The standard InChI is InChI=1S/C28H28S.3C2H6/c1-21-5-13-25(14-6-21)29(26-15-7-22(2)8-16-26,27-17-9-23(3)10-18-27)28-19-11-24(4)12-20-28;3*1-2/h5-20H,1-4H3;3*1-2H3. The Labute approximate surface area is 217 Å². The van der Waals surface area contributed by atoms with E-state index in [4.69, 9.17) is 0 Å². The number of hydrogen-bond acceptors (Lipinski definition) is 0. The van der Waals surface area contributed by atoms with E-state index in [-0.39, 0.29) is 0 Å². The summed E-state index contributed by atoms with van der Waals surface area (Å²) in [5.74, 6) is 0. The van der Waals surface area contributed by atoms with Crippen LogP contribution in [0.5, 0.6) is 0 Å². The first-order chi connectivity index (χ1) is 17.0. The molecule has 0 nitrogen and oxygen atoms in total. The predicted molar refractivity (Wildman–Crippen MR) is 159 cm³/mol. The van der Waals surface area contributed by atoms with Crippen molar-refractivity contribution in [3.8, 4) is 0 Å². The molecule has 4 aromatic rings. The van der Waals surface area contributed by atoms with Crippen LogP contribution >= 0.6 is 10.0 Å². The van der Waals surface area contributed by atoms with Crippen molar-refractivity contribution >= 4 is 10.0 Å². The maximum atomic E-state index is 2.32. The smallest absolute Gasteiger partial charge is 0.00231 e. The van der Waals surface area contributed by atoms with Crippen LogP contribution in [-0.2, 0) is 0 Å². The Morgan fingerprint density at radius 3 is 0.571 bits per heavy atom. The van der Waals surface area contributed by atoms with Crippen LogP contribution in [0, 0.1) is 27.7 Å². The fourth-order valence-corrected chi connectivity index (χ4v) is 7.60. The molecule has 0 saturated carbocycles. The third-order valence-electron chi connectivity index (χ3n) is 5.50. The summed E-state index contributed by atoms with van der Waals surface area (Å²) in [6, 6.07) is 36.5. The summed E-state index contributed by atoms with van der Waals surface area (Å²) < 4.78 is 0. The highest BCUT2D eigenvalue weighted by Crippen LogP contribution is 2.73. The summed E-state index contributed by atoms with van der Waals surface area (Å²) in [7, 11) is -1.58. The quantitative estimate of drug-likeness (QED) is 0.269. The molecule has 0 amide bonds. The summed E-state index contributed by atoms with van der Waals surface area (Å²) in [6.07, 6.45) is 0. The van der Waals surface area contributed by atoms with Crippen molar-refractivity contribution in [2.24, 2.45) is 0 Å². The molecule has 4 rings (SSSR count). The van der Waals surface area contributed by atoms with E-state index in [1.807, 2.05) is 41.5 Å². The van der Waals surface area contributed by atoms with Gasteiger partial charge in [0.1, 0.15) is 0 Å². The third kappa shape index (κ3) is 7.12. The van der Waals surface area contributed by atoms with Crippen LogP contribution in [0.25, 0.3) is 0 Å². The lowest BCUT2D eigenvalue weighted by Crippen LogP contribution is -2.05. The topological polar surface area (TPSA) is 0 Å². The molecule has 0 fully saturated rings. The first kappa shape index (κ1) is 30.3. The van der Waals surface area contributed by atoms with Crippen molar-refractivity contribution in [3.05, 3.63) is 119 Å². The molecule has 0 unspecified atom stereocenters. The second-order valence-corrected chi connectivity index (χ2v) is 11.0. The minimum absolute atomic E-state index is 1.29. The van der Waals surface area contributed by atoms with Crippen LogP contribution in [0.1, 0.15) is 63.8 Å². The molecule has 1 heteroatoms. The van der Waals surface area contributed by atoms with Crippen molar-refractivity contribution in [3.63, 3.8) is 0 Å². The van der Waals surface area contributed by atoms with Gasteiger partial charge in [0.05, 0.1) is 0 Å².